The summed E-state index contributed by atoms with van der Waals surface area (Å²) < 4.78 is 55.4. The van der Waals surface area contributed by atoms with Gasteiger partial charge >= 0.3 is 6.18 Å². The molecule has 2 aromatic rings. The molecule has 0 saturated carbocycles. The smallest absolute Gasteiger partial charge is 0.413 e. The summed E-state index contributed by atoms with van der Waals surface area (Å²) >= 11 is 0. The molecule has 9 nitrogen and oxygen atoms in total. The van der Waals surface area contributed by atoms with Crippen molar-refractivity contribution in [3.05, 3.63) is 46.2 Å². The minimum atomic E-state index is -4.59. The van der Waals surface area contributed by atoms with Gasteiger partial charge in [0.25, 0.3) is 11.5 Å². The normalized spacial score (nSPS) is 21.5. The second-order valence-electron chi connectivity index (χ2n) is 10.5. The van der Waals surface area contributed by atoms with Gasteiger partial charge in [-0.15, -0.1) is 0 Å². The summed E-state index contributed by atoms with van der Waals surface area (Å²) in [5.74, 6) is 0.710. The third kappa shape index (κ3) is 6.15. The first-order valence-electron chi connectivity index (χ1n) is 13.1. The van der Waals surface area contributed by atoms with Gasteiger partial charge in [0.2, 0.25) is 5.95 Å². The van der Waals surface area contributed by atoms with Gasteiger partial charge in [-0.3, -0.25) is 14.2 Å². The highest BCUT2D eigenvalue weighted by Gasteiger charge is 2.59. The Morgan fingerprint density at radius 3 is 2.56 bits per heavy atom. The Morgan fingerprint density at radius 2 is 1.92 bits per heavy atom. The van der Waals surface area contributed by atoms with Crippen molar-refractivity contribution in [1.29, 1.82) is 0 Å². The van der Waals surface area contributed by atoms with E-state index in [1.54, 1.807) is 45.5 Å². The van der Waals surface area contributed by atoms with Gasteiger partial charge in [-0.05, 0) is 50.3 Å². The van der Waals surface area contributed by atoms with E-state index in [0.29, 0.717) is 24.7 Å². The number of fused-ring (bicyclic) bond motifs is 1. The van der Waals surface area contributed by atoms with Crippen LogP contribution in [0, 0.1) is 0 Å². The zero-order valence-corrected chi connectivity index (χ0v) is 22.8. The third-order valence-corrected chi connectivity index (χ3v) is 7.58. The summed E-state index contributed by atoms with van der Waals surface area (Å²) in [7, 11) is 4.91. The molecule has 0 N–H and O–H groups in total. The number of aromatic nitrogens is 2. The standard InChI is InChI=1S/C27H36F3N5O4/c1-26(27(28,29)30)18-34-23(36)15-22(33-13-6-5-7-21(16-33)38-4)31-25(34)35(26)14-12-19-8-10-20(11-9-19)39-17-24(37)32(2)3/h8-11,15,21H,5-7,12-14,16-18H2,1-4H3/t21?,26-/m0/s1. The number of halogens is 3. The van der Waals surface area contributed by atoms with Gasteiger partial charge in [0.1, 0.15) is 11.6 Å². The number of alkyl halides is 3. The van der Waals surface area contributed by atoms with Gasteiger partial charge in [0.05, 0.1) is 12.6 Å². The maximum Gasteiger partial charge on any atom is 0.413 e. The fourth-order valence-corrected chi connectivity index (χ4v) is 4.97. The monoisotopic (exact) mass is 551 g/mol. The molecule has 2 aliphatic rings. The largest absolute Gasteiger partial charge is 0.484 e. The lowest BCUT2D eigenvalue weighted by molar-refractivity contribution is -0.182. The molecular formula is C27H36F3N5O4. The molecule has 1 amide bonds. The van der Waals surface area contributed by atoms with Crippen molar-refractivity contribution >= 4 is 17.7 Å². The van der Waals surface area contributed by atoms with Crippen LogP contribution in [0.25, 0.3) is 0 Å². The molecule has 1 fully saturated rings. The first-order chi connectivity index (χ1) is 18.4. The maximum absolute atomic E-state index is 14.4. The highest BCUT2D eigenvalue weighted by atomic mass is 19.4. The van der Waals surface area contributed by atoms with Crippen LogP contribution in [-0.2, 0) is 22.5 Å². The van der Waals surface area contributed by atoms with E-state index in [0.717, 1.165) is 36.3 Å². The van der Waals surface area contributed by atoms with E-state index in [2.05, 4.69) is 4.98 Å². The molecular weight excluding hydrogens is 515 g/mol. The van der Waals surface area contributed by atoms with E-state index in [9.17, 15) is 22.8 Å². The molecule has 1 aromatic heterocycles. The van der Waals surface area contributed by atoms with Crippen molar-refractivity contribution < 1.29 is 27.4 Å². The van der Waals surface area contributed by atoms with Crippen molar-refractivity contribution in [2.24, 2.45) is 0 Å². The molecule has 2 aliphatic heterocycles. The second kappa shape index (κ2) is 11.4. The quantitative estimate of drug-likeness (QED) is 0.499. The Balaban J connectivity index is 1.57. The number of carbonyl (C=O) groups excluding carboxylic acids is 1. The molecule has 0 spiro atoms. The predicted molar refractivity (Wildman–Crippen MR) is 141 cm³/mol. The van der Waals surface area contributed by atoms with Crippen LogP contribution in [0.5, 0.6) is 5.75 Å². The van der Waals surface area contributed by atoms with Crippen molar-refractivity contribution in [1.82, 2.24) is 14.5 Å². The van der Waals surface area contributed by atoms with E-state index < -0.39 is 23.8 Å². The lowest BCUT2D eigenvalue weighted by atomic mass is 10.00. The summed E-state index contributed by atoms with van der Waals surface area (Å²) in [5.41, 5.74) is -1.99. The Kier molecular flexibility index (Phi) is 8.43. The molecule has 1 saturated heterocycles. The van der Waals surface area contributed by atoms with Crippen LogP contribution >= 0.6 is 0 Å². The zero-order valence-electron chi connectivity index (χ0n) is 22.8. The molecule has 214 valence electrons. The summed E-state index contributed by atoms with van der Waals surface area (Å²) in [6.45, 7) is 1.67. The van der Waals surface area contributed by atoms with Crippen LogP contribution < -0.4 is 20.1 Å². The van der Waals surface area contributed by atoms with Crippen molar-refractivity contribution in [2.45, 2.75) is 57.0 Å². The number of anilines is 2. The molecule has 0 aliphatic carbocycles. The van der Waals surface area contributed by atoms with Crippen molar-refractivity contribution in [3.63, 3.8) is 0 Å². The number of rotatable bonds is 8. The lowest BCUT2D eigenvalue weighted by Gasteiger charge is -2.37. The summed E-state index contributed by atoms with van der Waals surface area (Å²) in [5, 5.41) is 0. The first-order valence-corrected chi connectivity index (χ1v) is 13.1. The lowest BCUT2D eigenvalue weighted by Crippen LogP contribution is -2.56. The molecule has 3 heterocycles. The van der Waals surface area contributed by atoms with E-state index in [1.165, 1.54) is 15.9 Å². The Bertz CT molecular complexity index is 1220. The van der Waals surface area contributed by atoms with Crippen molar-refractivity contribution in [3.8, 4) is 5.75 Å². The van der Waals surface area contributed by atoms with Crippen LogP contribution in [0.3, 0.4) is 0 Å². The number of amides is 1. The van der Waals surface area contributed by atoms with Crippen LogP contribution in [0.4, 0.5) is 24.9 Å². The summed E-state index contributed by atoms with van der Waals surface area (Å²) in [6.07, 6.45) is -1.61. The molecule has 0 bridgehead atoms. The number of likely N-dealkylation sites (N-methyl/N-ethyl adjacent to an activating group) is 1. The van der Waals surface area contributed by atoms with Crippen LogP contribution in [-0.4, -0.2) is 85.6 Å². The highest BCUT2D eigenvalue weighted by Crippen LogP contribution is 2.43. The molecule has 12 heteroatoms. The molecule has 2 atom stereocenters. The predicted octanol–water partition coefficient (Wildman–Crippen LogP) is 3.10. The third-order valence-electron chi connectivity index (χ3n) is 7.58. The SMILES string of the molecule is COC1CCCCN(c2cc(=O)n3c(n2)N(CCc2ccc(OCC(=O)N(C)C)cc2)[C@](C)(C(F)(F)F)C3)C1. The van der Waals surface area contributed by atoms with E-state index in [4.69, 9.17) is 9.47 Å². The number of ether oxygens (including phenoxy) is 2. The Labute approximate surface area is 226 Å². The molecule has 1 unspecified atom stereocenters. The van der Waals surface area contributed by atoms with Gasteiger partial charge in [0, 0.05) is 46.9 Å². The minimum Gasteiger partial charge on any atom is -0.484 e. The molecule has 0 radical (unpaired) electrons. The van der Waals surface area contributed by atoms with Crippen LogP contribution in [0.15, 0.2) is 35.1 Å². The van der Waals surface area contributed by atoms with Gasteiger partial charge in [-0.25, -0.2) is 0 Å². The first kappa shape index (κ1) is 28.7. The maximum atomic E-state index is 14.4. The van der Waals surface area contributed by atoms with E-state index in [-0.39, 0.29) is 37.5 Å². The van der Waals surface area contributed by atoms with Gasteiger partial charge < -0.3 is 24.2 Å². The van der Waals surface area contributed by atoms with Gasteiger partial charge in [-0.1, -0.05) is 12.1 Å². The van der Waals surface area contributed by atoms with E-state index >= 15 is 0 Å². The number of carbonyl (C=O) groups is 1. The fraction of sp³-hybridized carbons (Fsp3) is 0.593. The number of methoxy groups -OCH3 is 1. The number of nitrogens with zero attached hydrogens (tertiary/aromatic N) is 5. The Hall–Kier alpha value is -3.28. The Morgan fingerprint density at radius 1 is 1.21 bits per heavy atom. The second-order valence-corrected chi connectivity index (χ2v) is 10.5. The fourth-order valence-electron chi connectivity index (χ4n) is 4.97. The van der Waals surface area contributed by atoms with Gasteiger partial charge in [-0.2, -0.15) is 18.2 Å². The highest BCUT2D eigenvalue weighted by molar-refractivity contribution is 5.77. The topological polar surface area (TPSA) is 80.1 Å². The number of hydrogen-bond donors (Lipinski definition) is 0. The summed E-state index contributed by atoms with van der Waals surface area (Å²) in [4.78, 5) is 34.0. The average Bonchev–Trinajstić information content (AvgIpc) is 3.03. The number of benzene rings is 1. The summed E-state index contributed by atoms with van der Waals surface area (Å²) in [6, 6.07) is 8.23. The van der Waals surface area contributed by atoms with Gasteiger partial charge in [0.15, 0.2) is 12.1 Å². The molecule has 39 heavy (non-hydrogen) atoms. The zero-order chi connectivity index (χ0) is 28.4. The minimum absolute atomic E-state index is 0.00587. The van der Waals surface area contributed by atoms with Crippen LogP contribution in [0.2, 0.25) is 0 Å². The van der Waals surface area contributed by atoms with Crippen molar-refractivity contribution in [2.75, 3.05) is 57.2 Å². The average molecular weight is 552 g/mol. The van der Waals surface area contributed by atoms with E-state index in [1.807, 2.05) is 4.90 Å². The van der Waals surface area contributed by atoms with Crippen LogP contribution in [0.1, 0.15) is 31.7 Å². The molecule has 1 aromatic carbocycles. The molecule has 4 rings (SSSR count). The number of hydrogen-bond acceptors (Lipinski definition) is 7.